The number of primary amides is 2. The summed E-state index contributed by atoms with van der Waals surface area (Å²) in [5.41, 5.74) is 11.6. The van der Waals surface area contributed by atoms with Crippen LogP contribution in [0.5, 0.6) is 0 Å². The third-order valence-corrected chi connectivity index (χ3v) is 24.8. The number of aliphatic hydroxyl groups excluding tert-OH is 2. The Morgan fingerprint density at radius 3 is 1.18 bits per heavy atom. The highest BCUT2D eigenvalue weighted by atomic mass is 16.4. The summed E-state index contributed by atoms with van der Waals surface area (Å²) in [4.78, 5) is 285. The van der Waals surface area contributed by atoms with E-state index in [-0.39, 0.29) is 108 Å². The van der Waals surface area contributed by atoms with Crippen LogP contribution in [0.2, 0.25) is 0 Å². The van der Waals surface area contributed by atoms with Crippen molar-refractivity contribution in [1.82, 2.24) is 88.3 Å². The first kappa shape index (κ1) is 108. The van der Waals surface area contributed by atoms with Gasteiger partial charge in [-0.05, 0) is 165 Å². The average molecular weight is 1860 g/mol. The molecule has 132 heavy (non-hydrogen) atoms. The van der Waals surface area contributed by atoms with E-state index < -0.39 is 277 Å². The van der Waals surface area contributed by atoms with Crippen molar-refractivity contribution in [3.8, 4) is 0 Å². The maximum atomic E-state index is 15.0. The number of rotatable bonds is 48. The molecule has 1 aromatic rings. The summed E-state index contributed by atoms with van der Waals surface area (Å²) < 4.78 is 0. The highest BCUT2D eigenvalue weighted by Gasteiger charge is 2.49. The number of hydrogen-bond donors (Lipinski definition) is 18. The molecule has 43 nitrogen and oxygen atoms in total. The van der Waals surface area contributed by atoms with Crippen molar-refractivity contribution in [3.05, 3.63) is 35.9 Å². The molecule has 1 aromatic carbocycles. The Hall–Kier alpha value is -11.5. The largest absolute Gasteiger partial charge is 0.481 e. The van der Waals surface area contributed by atoms with E-state index >= 15 is 9.59 Å². The first-order chi connectivity index (χ1) is 62.2. The molecule has 0 saturated carbocycles. The van der Waals surface area contributed by atoms with Gasteiger partial charge in [0.05, 0.1) is 18.2 Å². The van der Waals surface area contributed by atoms with Crippen LogP contribution in [0.4, 0.5) is 0 Å². The summed E-state index contributed by atoms with van der Waals surface area (Å²) in [6.45, 7) is 20.3. The number of benzene rings is 1. The minimum Gasteiger partial charge on any atom is -0.481 e. The molecule has 0 bridgehead atoms. The fraction of sp³-hybridized carbons (Fsp3) is 0.708. The molecule has 0 spiro atoms. The van der Waals surface area contributed by atoms with Crippen LogP contribution in [0.15, 0.2) is 30.3 Å². The zero-order valence-corrected chi connectivity index (χ0v) is 77.7. The van der Waals surface area contributed by atoms with Gasteiger partial charge in [-0.1, -0.05) is 99.6 Å². The Labute approximate surface area is 768 Å². The van der Waals surface area contributed by atoms with Crippen molar-refractivity contribution >= 4 is 118 Å². The molecule has 6 aliphatic heterocycles. The van der Waals surface area contributed by atoms with Crippen LogP contribution >= 0.6 is 0 Å². The molecule has 18 amide bonds. The van der Waals surface area contributed by atoms with Crippen molar-refractivity contribution in [2.24, 2.45) is 41.1 Å². The number of likely N-dealkylation sites (tertiary alicyclic amines) is 5. The lowest BCUT2D eigenvalue weighted by Gasteiger charge is -2.35. The van der Waals surface area contributed by atoms with Gasteiger partial charge in [0, 0.05) is 58.4 Å². The van der Waals surface area contributed by atoms with Gasteiger partial charge in [-0.15, -0.1) is 0 Å². The summed E-state index contributed by atoms with van der Waals surface area (Å²) in [5.74, 6) is -19.8. The maximum absolute atomic E-state index is 15.0. The quantitative estimate of drug-likeness (QED) is 0.0302. The molecule has 6 heterocycles. The van der Waals surface area contributed by atoms with E-state index in [9.17, 15) is 107 Å². The van der Waals surface area contributed by atoms with Crippen LogP contribution in [0.25, 0.3) is 0 Å². The van der Waals surface area contributed by atoms with Crippen LogP contribution in [0.3, 0.4) is 0 Å². The third kappa shape index (κ3) is 30.3. The van der Waals surface area contributed by atoms with Gasteiger partial charge in [0.1, 0.15) is 96.7 Å². The van der Waals surface area contributed by atoms with E-state index in [2.05, 4.69) is 63.8 Å². The number of aliphatic hydroxyl groups is 2. The third-order valence-electron chi connectivity index (χ3n) is 24.8. The fourth-order valence-corrected chi connectivity index (χ4v) is 17.7. The monoisotopic (exact) mass is 1860 g/mol. The lowest BCUT2D eigenvalue weighted by atomic mass is 9.97. The minimum atomic E-state index is -1.82. The summed E-state index contributed by atoms with van der Waals surface area (Å²) in [7, 11) is 0. The SMILES string of the molecule is CC(C)C[C@H](NC(=O)[C@H](Cc1ccccc1)NC(=O)[C@@H]1CCCN1C(=O)[C@@H]1CCCN1C(=O)[C@@H](NC(=O)[C@@H](NC(=O)[C@@H](NC(=O)[C@@H]1CCCN1C(=O)[C@@H](NC(=O)[C@H](CCC(N)=O)NC(=O)[C@@H](NC(=O)[C@H](CC(C)C)NC(=O)[C@@H]1CCCN1C(=O)[C@@H]1CCCN1)[C@@H](C)O)[C@@H](C)O)C(C)C)C(C)C)C(C)C)C(=O)N[C@@H](CCC(N)=O)C(=O)N1CCC[C@H]1C(=O)N[C@@H](CCC(=O)O)C(=O)O. The normalized spacial score (nSPS) is 21.4. The molecule has 0 radical (unpaired) electrons. The molecule has 0 aliphatic carbocycles. The molecular weight excluding hydrogens is 1720 g/mol. The predicted molar refractivity (Wildman–Crippen MR) is 474 cm³/mol. The number of hydrogen-bond acceptors (Lipinski definition) is 23. The van der Waals surface area contributed by atoms with Crippen LogP contribution in [0, 0.1) is 29.6 Å². The van der Waals surface area contributed by atoms with Gasteiger partial charge >= 0.3 is 11.9 Å². The second kappa shape index (κ2) is 50.4. The standard InChI is InChI=1S/C89H139N19O24/c1-45(2)42-57(74(116)94-55(31-34-66(91)112)85(127)105-38-18-25-60(105)77(119)95-56(89(131)132)32-35-67(113)114)96-75(117)59(44-52-22-14-13-15-23-52)98-79(121)62-27-19-39-106(62)86(128)64-29-21-41-108(64)87(129)70(49(9)10)101-82(124)69(48(7)8)100-81(123)68(47(5)6)99-80(122)63-28-20-40-107(63)88(130)72(51(12)110)103-73(115)53(30-33-65(90)111)93-83(125)71(50(11)109)102-76(118)58(43-46(3)4)97-78(120)61-26-17-37-104(61)84(126)54-24-16-36-92-54/h13-15,22-23,45-51,53-64,68-72,92,109-110H,16-21,24-44H2,1-12H3,(H2,90,111)(H2,91,112)(H,93,125)(H,94,116)(H,95,119)(H,96,117)(H,97,120)(H,98,121)(H,99,122)(H,100,123)(H,101,124)(H,102,118)(H,103,115)(H,113,114)(H,131,132)/t50-,51-,53+,54+,55+,56+,57+,58+,59+,60+,61+,62+,63+,64+,68+,69+,70+,71+,72+/m1/s1. The maximum Gasteiger partial charge on any atom is 0.326 e. The Kier molecular flexibility index (Phi) is 41.0. The molecule has 6 saturated heterocycles. The smallest absolute Gasteiger partial charge is 0.326 e. The van der Waals surface area contributed by atoms with E-state index in [1.807, 2.05) is 0 Å². The zero-order valence-electron chi connectivity index (χ0n) is 77.7. The van der Waals surface area contributed by atoms with E-state index in [1.165, 1.54) is 28.5 Å². The first-order valence-corrected chi connectivity index (χ1v) is 46.2. The molecule has 6 fully saturated rings. The molecule has 20 N–H and O–H groups in total. The highest BCUT2D eigenvalue weighted by Crippen LogP contribution is 2.30. The second-order valence-corrected chi connectivity index (χ2v) is 37.3. The number of aliphatic carboxylic acids is 2. The highest BCUT2D eigenvalue weighted by molar-refractivity contribution is 6.02. The van der Waals surface area contributed by atoms with Crippen molar-refractivity contribution in [2.45, 2.75) is 333 Å². The number of carboxylic acids is 2. The first-order valence-electron chi connectivity index (χ1n) is 46.2. The van der Waals surface area contributed by atoms with Crippen LogP contribution in [-0.4, -0.2) is 317 Å². The van der Waals surface area contributed by atoms with E-state index in [0.29, 0.717) is 50.8 Å². The van der Waals surface area contributed by atoms with Crippen molar-refractivity contribution in [2.75, 3.05) is 39.3 Å². The molecular formula is C89H139N19O24. The Balaban J connectivity index is 0.988. The number of nitrogens with one attached hydrogen (secondary N) is 12. The number of nitrogens with two attached hydrogens (primary N) is 2. The summed E-state index contributed by atoms with van der Waals surface area (Å²) in [6.07, 6.45) is -2.37. The second-order valence-electron chi connectivity index (χ2n) is 37.3. The topological polar surface area (TPSA) is 635 Å². The minimum absolute atomic E-state index is 0.0223. The Morgan fingerprint density at radius 1 is 0.356 bits per heavy atom. The zero-order chi connectivity index (χ0) is 98.0. The summed E-state index contributed by atoms with van der Waals surface area (Å²) in [5, 5.41) is 73.1. The van der Waals surface area contributed by atoms with E-state index in [1.54, 1.807) is 99.6 Å². The fourth-order valence-electron chi connectivity index (χ4n) is 17.7. The van der Waals surface area contributed by atoms with Crippen molar-refractivity contribution < 1.29 is 116 Å². The van der Waals surface area contributed by atoms with Gasteiger partial charge in [0.15, 0.2) is 0 Å². The van der Waals surface area contributed by atoms with Crippen LogP contribution in [0.1, 0.15) is 217 Å². The Bertz CT molecular complexity index is 4300. The lowest BCUT2D eigenvalue weighted by molar-refractivity contribution is -0.148. The van der Waals surface area contributed by atoms with Gasteiger partial charge in [0.25, 0.3) is 0 Å². The number of carbonyl (C=O) groups excluding carboxylic acids is 18. The number of amides is 18. The molecule has 19 atom stereocenters. The van der Waals surface area contributed by atoms with Gasteiger partial charge < -0.3 is 120 Å². The van der Waals surface area contributed by atoms with Gasteiger partial charge in [-0.3, -0.25) is 91.1 Å². The van der Waals surface area contributed by atoms with Gasteiger partial charge in [-0.25, -0.2) is 4.79 Å². The number of carboxylic acid groups (broad SMARTS) is 2. The number of carbonyl (C=O) groups is 20. The number of nitrogens with zero attached hydrogens (tertiary/aromatic N) is 5. The predicted octanol–water partition coefficient (Wildman–Crippen LogP) is -3.43. The van der Waals surface area contributed by atoms with Crippen LogP contribution < -0.4 is 75.3 Å². The summed E-state index contributed by atoms with van der Waals surface area (Å²) in [6, 6.07) is -14.2. The van der Waals surface area contributed by atoms with E-state index in [4.69, 9.17) is 11.5 Å². The van der Waals surface area contributed by atoms with Gasteiger partial charge in [-0.2, -0.15) is 0 Å². The molecule has 7 rings (SSSR count). The molecule has 0 unspecified atom stereocenters. The average Bonchev–Trinajstić information content (AvgIpc) is 1.64. The van der Waals surface area contributed by atoms with E-state index in [0.717, 1.165) is 16.2 Å². The summed E-state index contributed by atoms with van der Waals surface area (Å²) >= 11 is 0. The van der Waals surface area contributed by atoms with Crippen LogP contribution in [-0.2, 0) is 102 Å². The molecule has 734 valence electrons. The Morgan fingerprint density at radius 2 is 0.712 bits per heavy atom. The lowest BCUT2D eigenvalue weighted by Crippen LogP contribution is -2.63. The van der Waals surface area contributed by atoms with Crippen molar-refractivity contribution in [3.63, 3.8) is 0 Å². The molecule has 0 aromatic heterocycles. The molecule has 6 aliphatic rings. The van der Waals surface area contributed by atoms with Gasteiger partial charge in [0.2, 0.25) is 106 Å². The van der Waals surface area contributed by atoms with Crippen molar-refractivity contribution in [1.29, 1.82) is 0 Å². The molecule has 43 heteroatoms.